The third kappa shape index (κ3) is 2.76. The molecule has 0 amide bonds. The van der Waals surface area contributed by atoms with Crippen molar-refractivity contribution in [3.05, 3.63) is 47.5 Å². The van der Waals surface area contributed by atoms with Crippen molar-refractivity contribution in [2.45, 2.75) is 39.3 Å². The van der Waals surface area contributed by atoms with Gasteiger partial charge in [0, 0.05) is 18.5 Å². The van der Waals surface area contributed by atoms with Gasteiger partial charge in [0.1, 0.15) is 12.2 Å². The smallest absolute Gasteiger partial charge is 0.138 e. The van der Waals surface area contributed by atoms with E-state index in [-0.39, 0.29) is 6.04 Å². The van der Waals surface area contributed by atoms with Gasteiger partial charge in [-0.25, -0.2) is 9.67 Å². The van der Waals surface area contributed by atoms with Crippen LogP contribution in [0.1, 0.15) is 42.9 Å². The lowest BCUT2D eigenvalue weighted by molar-refractivity contribution is 0.493. The summed E-state index contributed by atoms with van der Waals surface area (Å²) >= 11 is 0. The standard InChI is InChI=1S/C14H20N4/c1-10(2)18-14(16-9-17-18)8-13(15)12-6-4-5-11(3)7-12/h4-7,9-10,13H,8,15H2,1-3H3. The molecule has 2 rings (SSSR count). The maximum Gasteiger partial charge on any atom is 0.138 e. The Kier molecular flexibility index (Phi) is 3.77. The lowest BCUT2D eigenvalue weighted by Crippen LogP contribution is -2.18. The molecule has 0 saturated carbocycles. The van der Waals surface area contributed by atoms with Crippen molar-refractivity contribution in [1.29, 1.82) is 0 Å². The fraction of sp³-hybridized carbons (Fsp3) is 0.429. The van der Waals surface area contributed by atoms with Gasteiger partial charge in [-0.2, -0.15) is 5.10 Å². The summed E-state index contributed by atoms with van der Waals surface area (Å²) < 4.78 is 1.93. The highest BCUT2D eigenvalue weighted by atomic mass is 15.3. The van der Waals surface area contributed by atoms with Crippen LogP contribution in [0.3, 0.4) is 0 Å². The summed E-state index contributed by atoms with van der Waals surface area (Å²) in [4.78, 5) is 4.30. The summed E-state index contributed by atoms with van der Waals surface area (Å²) in [6.45, 7) is 6.26. The lowest BCUT2D eigenvalue weighted by Gasteiger charge is -2.14. The Labute approximate surface area is 108 Å². The third-order valence-electron chi connectivity index (χ3n) is 3.01. The van der Waals surface area contributed by atoms with Gasteiger partial charge in [0.25, 0.3) is 0 Å². The molecule has 0 bridgehead atoms. The van der Waals surface area contributed by atoms with E-state index in [4.69, 9.17) is 5.73 Å². The van der Waals surface area contributed by atoms with E-state index in [2.05, 4.69) is 49.1 Å². The normalized spacial score (nSPS) is 12.9. The van der Waals surface area contributed by atoms with E-state index in [0.717, 1.165) is 11.4 Å². The minimum absolute atomic E-state index is 0.0356. The van der Waals surface area contributed by atoms with Crippen LogP contribution in [-0.4, -0.2) is 14.8 Å². The second-order valence-corrected chi connectivity index (χ2v) is 4.94. The Hall–Kier alpha value is -1.68. The molecule has 4 heteroatoms. The van der Waals surface area contributed by atoms with Crippen molar-refractivity contribution in [3.63, 3.8) is 0 Å². The topological polar surface area (TPSA) is 56.7 Å². The van der Waals surface area contributed by atoms with Gasteiger partial charge in [-0.15, -0.1) is 0 Å². The van der Waals surface area contributed by atoms with Crippen molar-refractivity contribution in [2.24, 2.45) is 5.73 Å². The molecule has 1 aromatic carbocycles. The van der Waals surface area contributed by atoms with E-state index >= 15 is 0 Å². The van der Waals surface area contributed by atoms with Crippen molar-refractivity contribution in [2.75, 3.05) is 0 Å². The van der Waals surface area contributed by atoms with E-state index in [1.165, 1.54) is 5.56 Å². The molecule has 1 aromatic heterocycles. The average Bonchev–Trinajstić information content (AvgIpc) is 2.77. The largest absolute Gasteiger partial charge is 0.324 e. The van der Waals surface area contributed by atoms with Crippen LogP contribution in [0.15, 0.2) is 30.6 Å². The Balaban J connectivity index is 2.16. The first-order chi connectivity index (χ1) is 8.58. The lowest BCUT2D eigenvalue weighted by atomic mass is 10.0. The third-order valence-corrected chi connectivity index (χ3v) is 3.01. The molecule has 96 valence electrons. The molecular formula is C14H20N4. The number of nitrogens with two attached hydrogens (primary N) is 1. The quantitative estimate of drug-likeness (QED) is 0.898. The molecule has 18 heavy (non-hydrogen) atoms. The molecule has 0 fully saturated rings. The average molecular weight is 244 g/mol. The Morgan fingerprint density at radius 2 is 2.11 bits per heavy atom. The van der Waals surface area contributed by atoms with Crippen LogP contribution in [-0.2, 0) is 6.42 Å². The Morgan fingerprint density at radius 3 is 2.78 bits per heavy atom. The zero-order chi connectivity index (χ0) is 13.1. The van der Waals surface area contributed by atoms with Crippen molar-refractivity contribution >= 4 is 0 Å². The van der Waals surface area contributed by atoms with Crippen LogP contribution in [0.4, 0.5) is 0 Å². The van der Waals surface area contributed by atoms with Gasteiger partial charge in [0.15, 0.2) is 0 Å². The number of aryl methyl sites for hydroxylation is 1. The maximum absolute atomic E-state index is 6.24. The van der Waals surface area contributed by atoms with Crippen LogP contribution >= 0.6 is 0 Å². The summed E-state index contributed by atoms with van der Waals surface area (Å²) in [5.74, 6) is 0.944. The first-order valence-corrected chi connectivity index (χ1v) is 6.28. The molecule has 1 atom stereocenters. The number of aromatic nitrogens is 3. The summed E-state index contributed by atoms with van der Waals surface area (Å²) in [7, 11) is 0. The fourth-order valence-electron chi connectivity index (χ4n) is 2.07. The zero-order valence-corrected chi connectivity index (χ0v) is 11.2. The molecule has 1 unspecified atom stereocenters. The van der Waals surface area contributed by atoms with Crippen LogP contribution in [0.25, 0.3) is 0 Å². The van der Waals surface area contributed by atoms with E-state index < -0.39 is 0 Å². The Morgan fingerprint density at radius 1 is 1.33 bits per heavy atom. The van der Waals surface area contributed by atoms with Gasteiger partial charge in [-0.05, 0) is 26.3 Å². The summed E-state index contributed by atoms with van der Waals surface area (Å²) in [5, 5.41) is 4.23. The van der Waals surface area contributed by atoms with Crippen LogP contribution in [0.2, 0.25) is 0 Å². The molecule has 0 spiro atoms. The van der Waals surface area contributed by atoms with E-state index in [1.54, 1.807) is 6.33 Å². The predicted octanol–water partition coefficient (Wildman–Crippen LogP) is 2.41. The molecule has 0 aliphatic rings. The molecular weight excluding hydrogens is 224 g/mol. The number of rotatable bonds is 4. The molecule has 0 saturated heterocycles. The van der Waals surface area contributed by atoms with Crippen molar-refractivity contribution in [1.82, 2.24) is 14.8 Å². The van der Waals surface area contributed by atoms with Gasteiger partial charge in [0.2, 0.25) is 0 Å². The van der Waals surface area contributed by atoms with Crippen LogP contribution in [0.5, 0.6) is 0 Å². The van der Waals surface area contributed by atoms with Gasteiger partial charge in [-0.3, -0.25) is 0 Å². The van der Waals surface area contributed by atoms with Crippen LogP contribution in [0, 0.1) is 6.92 Å². The first kappa shape index (κ1) is 12.8. The first-order valence-electron chi connectivity index (χ1n) is 6.28. The van der Waals surface area contributed by atoms with Crippen molar-refractivity contribution < 1.29 is 0 Å². The van der Waals surface area contributed by atoms with Crippen LogP contribution < -0.4 is 5.73 Å². The monoisotopic (exact) mass is 244 g/mol. The molecule has 0 aliphatic heterocycles. The summed E-state index contributed by atoms with van der Waals surface area (Å²) in [6.07, 6.45) is 2.31. The second kappa shape index (κ2) is 5.31. The highest BCUT2D eigenvalue weighted by molar-refractivity contribution is 5.25. The molecule has 1 heterocycles. The molecule has 0 radical (unpaired) electrons. The van der Waals surface area contributed by atoms with Gasteiger partial charge < -0.3 is 5.73 Å². The maximum atomic E-state index is 6.24. The minimum atomic E-state index is -0.0356. The van der Waals surface area contributed by atoms with E-state index in [1.807, 2.05) is 10.7 Å². The highest BCUT2D eigenvalue weighted by Gasteiger charge is 2.13. The predicted molar refractivity (Wildman–Crippen MR) is 72.2 cm³/mol. The van der Waals surface area contributed by atoms with Crippen molar-refractivity contribution in [3.8, 4) is 0 Å². The van der Waals surface area contributed by atoms with E-state index in [0.29, 0.717) is 12.5 Å². The molecule has 0 aliphatic carbocycles. The molecule has 4 nitrogen and oxygen atoms in total. The zero-order valence-electron chi connectivity index (χ0n) is 11.2. The molecule has 2 aromatic rings. The minimum Gasteiger partial charge on any atom is -0.324 e. The second-order valence-electron chi connectivity index (χ2n) is 4.94. The SMILES string of the molecule is Cc1cccc(C(N)Cc2ncnn2C(C)C)c1. The number of nitrogens with zero attached hydrogens (tertiary/aromatic N) is 3. The highest BCUT2D eigenvalue weighted by Crippen LogP contribution is 2.17. The van der Waals surface area contributed by atoms with E-state index in [9.17, 15) is 0 Å². The van der Waals surface area contributed by atoms with Gasteiger partial charge in [-0.1, -0.05) is 29.8 Å². The van der Waals surface area contributed by atoms with Gasteiger partial charge >= 0.3 is 0 Å². The number of hydrogen-bond acceptors (Lipinski definition) is 3. The summed E-state index contributed by atoms with van der Waals surface area (Å²) in [5.41, 5.74) is 8.62. The van der Waals surface area contributed by atoms with Gasteiger partial charge in [0.05, 0.1) is 0 Å². The fourth-order valence-corrected chi connectivity index (χ4v) is 2.07. The number of hydrogen-bond donors (Lipinski definition) is 1. The Bertz CT molecular complexity index is 516. The molecule has 2 N–H and O–H groups in total. The summed E-state index contributed by atoms with van der Waals surface area (Å²) in [6, 6.07) is 8.58. The number of benzene rings is 1.